The molecule has 1 aromatic rings. The van der Waals surface area contributed by atoms with Gasteiger partial charge in [-0.1, -0.05) is 37.3 Å². The fourth-order valence-corrected chi connectivity index (χ4v) is 3.98. The molecule has 9 heteroatoms. The van der Waals surface area contributed by atoms with Crippen LogP contribution in [0.15, 0.2) is 42.0 Å². The first-order valence-corrected chi connectivity index (χ1v) is 9.58. The van der Waals surface area contributed by atoms with Gasteiger partial charge in [0.05, 0.1) is 18.6 Å². The van der Waals surface area contributed by atoms with E-state index in [-0.39, 0.29) is 25.0 Å². The van der Waals surface area contributed by atoms with Gasteiger partial charge in [0.15, 0.2) is 0 Å². The maximum atomic E-state index is 12.8. The number of nitrogens with zero attached hydrogens (tertiary/aromatic N) is 3. The van der Waals surface area contributed by atoms with E-state index < -0.39 is 30.5 Å². The molecule has 2 bridgehead atoms. The highest BCUT2D eigenvalue weighted by Crippen LogP contribution is 2.43. The van der Waals surface area contributed by atoms with Crippen LogP contribution in [0.2, 0.25) is 0 Å². The van der Waals surface area contributed by atoms with Gasteiger partial charge in [-0.05, 0) is 31.1 Å². The zero-order valence-electron chi connectivity index (χ0n) is 16.5. The maximum Gasteiger partial charge on any atom is 0.435 e. The van der Waals surface area contributed by atoms with Crippen molar-refractivity contribution in [2.75, 3.05) is 6.61 Å². The lowest BCUT2D eigenvalue weighted by Crippen LogP contribution is -2.71. The summed E-state index contributed by atoms with van der Waals surface area (Å²) in [5.74, 6) is -0.602. The van der Waals surface area contributed by atoms with E-state index in [1.165, 1.54) is 5.01 Å². The van der Waals surface area contributed by atoms with Gasteiger partial charge in [0.2, 0.25) is 12.1 Å². The molecule has 154 valence electrons. The first kappa shape index (κ1) is 19.3. The van der Waals surface area contributed by atoms with E-state index in [1.54, 1.807) is 19.9 Å². The summed E-state index contributed by atoms with van der Waals surface area (Å²) in [6, 6.07) is 8.30. The monoisotopic (exact) mass is 401 g/mol. The molecule has 3 amide bonds. The number of β-lactam (4-membered cyclic amide) rings is 1. The van der Waals surface area contributed by atoms with Crippen LogP contribution in [-0.4, -0.2) is 58.1 Å². The predicted octanol–water partition coefficient (Wildman–Crippen LogP) is 2.45. The molecule has 0 aromatic heterocycles. The van der Waals surface area contributed by atoms with Gasteiger partial charge >= 0.3 is 12.2 Å². The summed E-state index contributed by atoms with van der Waals surface area (Å²) in [6.45, 7) is 5.54. The summed E-state index contributed by atoms with van der Waals surface area (Å²) in [4.78, 5) is 43.7. The predicted molar refractivity (Wildman–Crippen MR) is 99.5 cm³/mol. The van der Waals surface area contributed by atoms with Gasteiger partial charge in [0.1, 0.15) is 12.6 Å². The molecular formula is C20H23N3O6. The largest absolute Gasteiger partial charge is 0.448 e. The smallest absolute Gasteiger partial charge is 0.435 e. The molecule has 0 aliphatic carbocycles. The van der Waals surface area contributed by atoms with E-state index in [0.29, 0.717) is 0 Å². The number of hydrazine groups is 1. The number of ether oxygens (including phenoxy) is 2. The number of carbonyl (C=O) groups is 3. The van der Waals surface area contributed by atoms with Gasteiger partial charge in [-0.3, -0.25) is 4.79 Å². The van der Waals surface area contributed by atoms with Crippen molar-refractivity contribution < 1.29 is 28.7 Å². The van der Waals surface area contributed by atoms with Crippen LogP contribution >= 0.6 is 0 Å². The second-order valence-corrected chi connectivity index (χ2v) is 7.22. The number of hydrogen-bond donors (Lipinski definition) is 0. The number of amides is 3. The Morgan fingerprint density at radius 3 is 2.55 bits per heavy atom. The van der Waals surface area contributed by atoms with Crippen LogP contribution in [-0.2, 0) is 25.7 Å². The lowest BCUT2D eigenvalue weighted by molar-refractivity contribution is -0.219. The van der Waals surface area contributed by atoms with Crippen LogP contribution in [0, 0.1) is 5.92 Å². The van der Waals surface area contributed by atoms with Crippen LogP contribution < -0.4 is 0 Å². The molecule has 29 heavy (non-hydrogen) atoms. The molecule has 5 rings (SSSR count). The maximum absolute atomic E-state index is 12.8. The second-order valence-electron chi connectivity index (χ2n) is 7.22. The Morgan fingerprint density at radius 2 is 1.86 bits per heavy atom. The summed E-state index contributed by atoms with van der Waals surface area (Å²) in [6.07, 6.45) is -0.627. The summed E-state index contributed by atoms with van der Waals surface area (Å²) in [7, 11) is 0. The van der Waals surface area contributed by atoms with E-state index in [9.17, 15) is 14.4 Å². The van der Waals surface area contributed by atoms with E-state index in [1.807, 2.05) is 37.3 Å². The third-order valence-corrected chi connectivity index (χ3v) is 5.39. The molecule has 4 aliphatic heterocycles. The molecule has 4 aliphatic rings. The molecule has 0 unspecified atom stereocenters. The lowest BCUT2D eigenvalue weighted by Gasteiger charge is -2.50. The molecule has 0 N–H and O–H groups in total. The van der Waals surface area contributed by atoms with E-state index >= 15 is 0 Å². The molecule has 0 saturated carbocycles. The quantitative estimate of drug-likeness (QED) is 0.571. The Hall–Kier alpha value is -3.07. The zero-order valence-corrected chi connectivity index (χ0v) is 16.5. The molecule has 4 atom stereocenters. The van der Waals surface area contributed by atoms with Gasteiger partial charge in [-0.2, -0.15) is 10.1 Å². The minimum atomic E-state index is -0.976. The summed E-state index contributed by atoms with van der Waals surface area (Å²) in [5.41, 5.74) is 1.66. The topological polar surface area (TPSA) is 88.6 Å². The Bertz CT molecular complexity index is 857. The zero-order chi connectivity index (χ0) is 20.7. The van der Waals surface area contributed by atoms with Crippen LogP contribution in [0.25, 0.3) is 0 Å². The molecule has 2 fully saturated rings. The van der Waals surface area contributed by atoms with Gasteiger partial charge in [0, 0.05) is 0 Å². The van der Waals surface area contributed by atoms with Crippen molar-refractivity contribution in [3.05, 3.63) is 47.5 Å². The minimum absolute atomic E-state index is 0.0874. The van der Waals surface area contributed by atoms with Gasteiger partial charge in [-0.25, -0.2) is 19.4 Å². The normalized spacial score (nSPS) is 27.6. The molecule has 1 aromatic carbocycles. The Balaban J connectivity index is 1.60. The summed E-state index contributed by atoms with van der Waals surface area (Å²) in [5, 5.41) is 3.63. The highest BCUT2D eigenvalue weighted by molar-refractivity contribution is 5.89. The lowest BCUT2D eigenvalue weighted by atomic mass is 9.82. The average molecular weight is 401 g/mol. The van der Waals surface area contributed by atoms with Crippen molar-refractivity contribution in [2.24, 2.45) is 5.92 Å². The van der Waals surface area contributed by atoms with Gasteiger partial charge in [0.25, 0.3) is 0 Å². The second kappa shape index (κ2) is 7.40. The summed E-state index contributed by atoms with van der Waals surface area (Å²) >= 11 is 0. The van der Waals surface area contributed by atoms with Crippen molar-refractivity contribution in [3.8, 4) is 0 Å². The molecule has 0 radical (unpaired) electrons. The third-order valence-electron chi connectivity index (χ3n) is 5.39. The molecule has 9 nitrogen and oxygen atoms in total. The van der Waals surface area contributed by atoms with Crippen molar-refractivity contribution in [2.45, 2.75) is 45.7 Å². The highest BCUT2D eigenvalue weighted by atomic mass is 16.8. The number of fused-ring (bicyclic) bond motifs is 1. The van der Waals surface area contributed by atoms with Crippen LogP contribution in [0.5, 0.6) is 0 Å². The molecule has 4 heterocycles. The number of hydrogen-bond acceptors (Lipinski definition) is 6. The van der Waals surface area contributed by atoms with E-state index in [0.717, 1.165) is 21.2 Å². The molecular weight excluding hydrogens is 378 g/mol. The van der Waals surface area contributed by atoms with Gasteiger partial charge < -0.3 is 9.47 Å². The summed E-state index contributed by atoms with van der Waals surface area (Å²) < 4.78 is 10.5. The third kappa shape index (κ3) is 3.11. The van der Waals surface area contributed by atoms with E-state index in [2.05, 4.69) is 0 Å². The number of hydroxylamine groups is 2. The number of rotatable bonds is 3. The van der Waals surface area contributed by atoms with Crippen molar-refractivity contribution in [1.82, 2.24) is 15.1 Å². The van der Waals surface area contributed by atoms with Crippen LogP contribution in [0.4, 0.5) is 9.59 Å². The highest BCUT2D eigenvalue weighted by Gasteiger charge is 2.61. The van der Waals surface area contributed by atoms with Crippen molar-refractivity contribution in [3.63, 3.8) is 0 Å². The Morgan fingerprint density at radius 1 is 1.14 bits per heavy atom. The van der Waals surface area contributed by atoms with E-state index in [4.69, 9.17) is 14.3 Å². The first-order valence-electron chi connectivity index (χ1n) is 9.58. The fraction of sp³-hybridized carbons (Fsp3) is 0.450. The Kier molecular flexibility index (Phi) is 4.91. The SMILES string of the molecule is CCOC(=O)N1[C@H]2C=C(C)[C@@H]([C@@H]3[C@@H](C)C(=O)N31)N(C(=O)OCc1ccccc1)O2. The standard InChI is InChI=1S/C20H23N3O6/c1-4-27-19(25)21-15-10-12(2)16(17-13(3)18(24)22(17)21)23(29-15)20(26)28-11-14-8-6-5-7-9-14/h5-10,13,15-17H,4,11H2,1-3H3/t13-,15-,16+,17+/m1/s1. The number of carbonyl (C=O) groups excluding carboxylic acids is 3. The molecule has 0 spiro atoms. The van der Waals surface area contributed by atoms with Gasteiger partial charge in [-0.15, -0.1) is 0 Å². The Labute approximate surface area is 168 Å². The number of benzene rings is 1. The van der Waals surface area contributed by atoms with Crippen LogP contribution in [0.3, 0.4) is 0 Å². The minimum Gasteiger partial charge on any atom is -0.448 e. The average Bonchev–Trinajstić information content (AvgIpc) is 2.93. The van der Waals surface area contributed by atoms with Crippen molar-refractivity contribution in [1.29, 1.82) is 0 Å². The van der Waals surface area contributed by atoms with Crippen LogP contribution in [0.1, 0.15) is 26.3 Å². The first-order chi connectivity index (χ1) is 13.9. The van der Waals surface area contributed by atoms with Crippen molar-refractivity contribution >= 4 is 18.1 Å². The fourth-order valence-electron chi connectivity index (χ4n) is 3.98. The molecule has 2 saturated heterocycles.